The number of halogens is 2. The van der Waals surface area contributed by atoms with Crippen molar-refractivity contribution in [3.63, 3.8) is 0 Å². The number of aryl methyl sites for hydroxylation is 2. The van der Waals surface area contributed by atoms with Gasteiger partial charge in [0.25, 0.3) is 0 Å². The number of nitrogens with one attached hydrogen (secondary N) is 1. The highest BCUT2D eigenvalue weighted by molar-refractivity contribution is 5.46. The molecule has 2 rings (SSSR count). The molecule has 0 radical (unpaired) electrons. The molecule has 0 saturated carbocycles. The van der Waals surface area contributed by atoms with Gasteiger partial charge in [0.1, 0.15) is 17.5 Å². The SMILES string of the molecule is Cc1cc(F)c(NCc2nnc(C)n2C)cc1F. The van der Waals surface area contributed by atoms with E-state index in [9.17, 15) is 8.78 Å². The quantitative estimate of drug-likeness (QED) is 0.911. The number of aromatic nitrogens is 3. The molecular formula is C12H14F2N4. The molecule has 4 nitrogen and oxygen atoms in total. The molecule has 0 aliphatic rings. The van der Waals surface area contributed by atoms with Crippen molar-refractivity contribution in [3.8, 4) is 0 Å². The number of rotatable bonds is 3. The summed E-state index contributed by atoms with van der Waals surface area (Å²) in [4.78, 5) is 0. The third kappa shape index (κ3) is 2.32. The molecule has 0 amide bonds. The van der Waals surface area contributed by atoms with E-state index < -0.39 is 11.6 Å². The van der Waals surface area contributed by atoms with Crippen LogP contribution in [0.15, 0.2) is 12.1 Å². The van der Waals surface area contributed by atoms with Crippen molar-refractivity contribution in [2.24, 2.45) is 7.05 Å². The summed E-state index contributed by atoms with van der Waals surface area (Å²) in [5, 5.41) is 10.6. The first kappa shape index (κ1) is 12.5. The van der Waals surface area contributed by atoms with E-state index in [0.717, 1.165) is 11.9 Å². The van der Waals surface area contributed by atoms with Gasteiger partial charge in [-0.25, -0.2) is 8.78 Å². The average Bonchev–Trinajstić information content (AvgIpc) is 2.63. The molecule has 0 atom stereocenters. The Morgan fingerprint density at radius 1 is 1.17 bits per heavy atom. The van der Waals surface area contributed by atoms with Crippen LogP contribution in [0.4, 0.5) is 14.5 Å². The Labute approximate surface area is 104 Å². The van der Waals surface area contributed by atoms with Gasteiger partial charge in [0.05, 0.1) is 12.2 Å². The minimum atomic E-state index is -0.479. The largest absolute Gasteiger partial charge is 0.375 e. The van der Waals surface area contributed by atoms with E-state index in [-0.39, 0.29) is 17.8 Å². The predicted molar refractivity (Wildman–Crippen MR) is 64.2 cm³/mol. The van der Waals surface area contributed by atoms with Gasteiger partial charge in [0, 0.05) is 13.1 Å². The lowest BCUT2D eigenvalue weighted by Crippen LogP contribution is -2.08. The van der Waals surface area contributed by atoms with Crippen molar-refractivity contribution in [1.29, 1.82) is 0 Å². The van der Waals surface area contributed by atoms with Crippen LogP contribution >= 0.6 is 0 Å². The molecule has 96 valence electrons. The zero-order valence-electron chi connectivity index (χ0n) is 10.5. The first-order valence-electron chi connectivity index (χ1n) is 5.53. The summed E-state index contributed by atoms with van der Waals surface area (Å²) in [6.07, 6.45) is 0. The fourth-order valence-corrected chi connectivity index (χ4v) is 1.56. The Morgan fingerprint density at radius 2 is 1.89 bits per heavy atom. The lowest BCUT2D eigenvalue weighted by molar-refractivity contribution is 0.594. The summed E-state index contributed by atoms with van der Waals surface area (Å²) < 4.78 is 28.7. The average molecular weight is 252 g/mol. The molecule has 0 saturated heterocycles. The summed E-state index contributed by atoms with van der Waals surface area (Å²) in [5.41, 5.74) is 0.409. The maximum Gasteiger partial charge on any atom is 0.152 e. The van der Waals surface area contributed by atoms with Crippen LogP contribution in [0.5, 0.6) is 0 Å². The standard InChI is InChI=1S/C12H14F2N4/c1-7-4-10(14)11(5-9(7)13)15-6-12-17-16-8(2)18(12)3/h4-5,15H,6H2,1-3H3. The van der Waals surface area contributed by atoms with Crippen molar-refractivity contribution in [3.05, 3.63) is 41.0 Å². The monoisotopic (exact) mass is 252 g/mol. The van der Waals surface area contributed by atoms with Crippen LogP contribution < -0.4 is 5.32 Å². The zero-order chi connectivity index (χ0) is 13.3. The molecule has 18 heavy (non-hydrogen) atoms. The van der Waals surface area contributed by atoms with E-state index in [4.69, 9.17) is 0 Å². The lowest BCUT2D eigenvalue weighted by atomic mass is 10.2. The molecule has 1 heterocycles. The van der Waals surface area contributed by atoms with Crippen LogP contribution in [0.1, 0.15) is 17.2 Å². The molecule has 0 fully saturated rings. The molecule has 2 aromatic rings. The zero-order valence-corrected chi connectivity index (χ0v) is 10.5. The Hall–Kier alpha value is -1.98. The number of anilines is 1. The maximum atomic E-state index is 13.6. The second-order valence-electron chi connectivity index (χ2n) is 4.16. The third-order valence-electron chi connectivity index (χ3n) is 2.87. The van der Waals surface area contributed by atoms with Gasteiger partial charge in [0.15, 0.2) is 5.82 Å². The number of hydrogen-bond donors (Lipinski definition) is 1. The normalized spacial score (nSPS) is 10.7. The maximum absolute atomic E-state index is 13.6. The minimum absolute atomic E-state index is 0.124. The topological polar surface area (TPSA) is 42.7 Å². The van der Waals surface area contributed by atoms with Gasteiger partial charge in [-0.2, -0.15) is 0 Å². The number of benzene rings is 1. The Bertz CT molecular complexity index is 578. The van der Waals surface area contributed by atoms with Crippen molar-refractivity contribution in [1.82, 2.24) is 14.8 Å². The highest BCUT2D eigenvalue weighted by Crippen LogP contribution is 2.19. The van der Waals surface area contributed by atoms with Gasteiger partial charge >= 0.3 is 0 Å². The van der Waals surface area contributed by atoms with Gasteiger partial charge in [-0.05, 0) is 25.5 Å². The lowest BCUT2D eigenvalue weighted by Gasteiger charge is -2.08. The van der Waals surface area contributed by atoms with Crippen molar-refractivity contribution in [2.75, 3.05) is 5.32 Å². The fourth-order valence-electron chi connectivity index (χ4n) is 1.56. The summed E-state index contributed by atoms with van der Waals surface area (Å²) >= 11 is 0. The molecule has 1 aromatic heterocycles. The second-order valence-corrected chi connectivity index (χ2v) is 4.16. The molecule has 0 bridgehead atoms. The van der Waals surface area contributed by atoms with Crippen LogP contribution in [0.2, 0.25) is 0 Å². The van der Waals surface area contributed by atoms with E-state index in [2.05, 4.69) is 15.5 Å². The Balaban J connectivity index is 2.16. The molecule has 0 spiro atoms. The van der Waals surface area contributed by atoms with Crippen LogP contribution in [-0.4, -0.2) is 14.8 Å². The smallest absolute Gasteiger partial charge is 0.152 e. The van der Waals surface area contributed by atoms with E-state index in [1.165, 1.54) is 13.0 Å². The van der Waals surface area contributed by atoms with Crippen LogP contribution in [0.25, 0.3) is 0 Å². The predicted octanol–water partition coefficient (Wildman–Crippen LogP) is 2.32. The molecule has 1 N–H and O–H groups in total. The molecular weight excluding hydrogens is 238 g/mol. The highest BCUT2D eigenvalue weighted by atomic mass is 19.1. The molecule has 6 heteroatoms. The molecule has 0 unspecified atom stereocenters. The third-order valence-corrected chi connectivity index (χ3v) is 2.87. The van der Waals surface area contributed by atoms with E-state index in [1.807, 2.05) is 14.0 Å². The van der Waals surface area contributed by atoms with Gasteiger partial charge in [-0.1, -0.05) is 0 Å². The van der Waals surface area contributed by atoms with Crippen molar-refractivity contribution in [2.45, 2.75) is 20.4 Å². The van der Waals surface area contributed by atoms with Crippen LogP contribution in [0, 0.1) is 25.5 Å². The van der Waals surface area contributed by atoms with Crippen LogP contribution in [0.3, 0.4) is 0 Å². The van der Waals surface area contributed by atoms with Crippen molar-refractivity contribution >= 4 is 5.69 Å². The summed E-state index contributed by atoms with van der Waals surface area (Å²) in [6, 6.07) is 2.31. The number of hydrogen-bond acceptors (Lipinski definition) is 3. The van der Waals surface area contributed by atoms with Crippen LogP contribution in [-0.2, 0) is 13.6 Å². The second kappa shape index (κ2) is 4.72. The minimum Gasteiger partial charge on any atom is -0.375 e. The van der Waals surface area contributed by atoms with E-state index in [1.54, 1.807) is 4.57 Å². The first-order chi connectivity index (χ1) is 8.49. The molecule has 1 aromatic carbocycles. The molecule has 0 aliphatic heterocycles. The van der Waals surface area contributed by atoms with Gasteiger partial charge in [-0.3, -0.25) is 0 Å². The number of nitrogens with zero attached hydrogens (tertiary/aromatic N) is 3. The fraction of sp³-hybridized carbons (Fsp3) is 0.333. The van der Waals surface area contributed by atoms with Gasteiger partial charge in [0.2, 0.25) is 0 Å². The van der Waals surface area contributed by atoms with Crippen molar-refractivity contribution < 1.29 is 8.78 Å². The Morgan fingerprint density at radius 3 is 2.50 bits per heavy atom. The highest BCUT2D eigenvalue weighted by Gasteiger charge is 2.09. The van der Waals surface area contributed by atoms with Gasteiger partial charge in [-0.15, -0.1) is 10.2 Å². The first-order valence-corrected chi connectivity index (χ1v) is 5.53. The summed E-state index contributed by atoms with van der Waals surface area (Å²) in [5.74, 6) is 0.510. The van der Waals surface area contributed by atoms with E-state index >= 15 is 0 Å². The summed E-state index contributed by atoms with van der Waals surface area (Å²) in [7, 11) is 1.82. The van der Waals surface area contributed by atoms with Gasteiger partial charge < -0.3 is 9.88 Å². The van der Waals surface area contributed by atoms with E-state index in [0.29, 0.717) is 5.82 Å². The molecule has 0 aliphatic carbocycles. The summed E-state index contributed by atoms with van der Waals surface area (Å²) in [6.45, 7) is 3.63. The Kier molecular flexibility index (Phi) is 3.27.